The van der Waals surface area contributed by atoms with E-state index < -0.39 is 0 Å². The van der Waals surface area contributed by atoms with E-state index in [2.05, 4.69) is 5.10 Å². The van der Waals surface area contributed by atoms with Gasteiger partial charge >= 0.3 is 0 Å². The number of aryl methyl sites for hydroxylation is 1. The number of rotatable bonds is 3. The minimum atomic E-state index is -0.163. The van der Waals surface area contributed by atoms with Crippen LogP contribution in [-0.4, -0.2) is 45.4 Å². The molecule has 1 aromatic rings. The van der Waals surface area contributed by atoms with E-state index in [1.165, 1.54) is 0 Å². The average molecular weight is 237 g/mol. The Kier molecular flexibility index (Phi) is 3.19. The number of carbonyl (C=O) groups excluding carboxylic acids is 1. The van der Waals surface area contributed by atoms with Crippen molar-refractivity contribution in [2.75, 3.05) is 13.6 Å². The Morgan fingerprint density at radius 1 is 1.65 bits per heavy atom. The smallest absolute Gasteiger partial charge is 0.257 e. The summed E-state index contributed by atoms with van der Waals surface area (Å²) >= 11 is 0. The standard InChI is InChI=1S/C12H19N3O2/c1-8-11(6-13-15(8)3)12(17)14(2)7-9-4-10(16)5-9/h6,9-10,16H,4-5,7H2,1-3H3. The SMILES string of the molecule is Cc1c(C(=O)N(C)CC2CC(O)C2)cnn1C. The second-order valence-electron chi connectivity index (χ2n) is 4.94. The Balaban J connectivity index is 1.97. The fourth-order valence-electron chi connectivity index (χ4n) is 2.23. The molecular formula is C12H19N3O2. The summed E-state index contributed by atoms with van der Waals surface area (Å²) in [5.41, 5.74) is 1.55. The van der Waals surface area contributed by atoms with Crippen LogP contribution in [0.5, 0.6) is 0 Å². The molecule has 0 bridgehead atoms. The van der Waals surface area contributed by atoms with Crippen LogP contribution in [-0.2, 0) is 7.05 Å². The molecule has 0 saturated heterocycles. The van der Waals surface area contributed by atoms with Crippen LogP contribution in [0.3, 0.4) is 0 Å². The van der Waals surface area contributed by atoms with Crippen LogP contribution in [0.4, 0.5) is 0 Å². The topological polar surface area (TPSA) is 58.4 Å². The van der Waals surface area contributed by atoms with Crippen molar-refractivity contribution in [3.8, 4) is 0 Å². The van der Waals surface area contributed by atoms with Crippen molar-refractivity contribution < 1.29 is 9.90 Å². The van der Waals surface area contributed by atoms with Gasteiger partial charge in [0.15, 0.2) is 0 Å². The highest BCUT2D eigenvalue weighted by Crippen LogP contribution is 2.28. The summed E-state index contributed by atoms with van der Waals surface area (Å²) < 4.78 is 1.70. The van der Waals surface area contributed by atoms with E-state index in [1.807, 2.05) is 14.0 Å². The molecule has 5 nitrogen and oxygen atoms in total. The lowest BCUT2D eigenvalue weighted by Crippen LogP contribution is -2.39. The zero-order valence-electron chi connectivity index (χ0n) is 10.6. The summed E-state index contributed by atoms with van der Waals surface area (Å²) in [5, 5.41) is 13.3. The van der Waals surface area contributed by atoms with Gasteiger partial charge in [-0.1, -0.05) is 0 Å². The van der Waals surface area contributed by atoms with Gasteiger partial charge in [0.1, 0.15) is 0 Å². The normalized spacial score (nSPS) is 23.3. The molecule has 1 heterocycles. The van der Waals surface area contributed by atoms with Crippen molar-refractivity contribution in [2.45, 2.75) is 25.9 Å². The molecule has 1 aromatic heterocycles. The second-order valence-corrected chi connectivity index (χ2v) is 4.94. The fourth-order valence-corrected chi connectivity index (χ4v) is 2.23. The van der Waals surface area contributed by atoms with E-state index in [-0.39, 0.29) is 12.0 Å². The van der Waals surface area contributed by atoms with Gasteiger partial charge in [-0.2, -0.15) is 5.10 Å². The van der Waals surface area contributed by atoms with Gasteiger partial charge in [-0.3, -0.25) is 9.48 Å². The van der Waals surface area contributed by atoms with E-state index in [1.54, 1.807) is 22.8 Å². The first-order valence-corrected chi connectivity index (χ1v) is 5.91. The summed E-state index contributed by atoms with van der Waals surface area (Å²) in [5.74, 6) is 0.452. The number of aliphatic hydroxyl groups excluding tert-OH is 1. The second kappa shape index (κ2) is 4.49. The van der Waals surface area contributed by atoms with Crippen molar-refractivity contribution in [3.05, 3.63) is 17.5 Å². The molecule has 0 radical (unpaired) electrons. The summed E-state index contributed by atoms with van der Waals surface area (Å²) in [6, 6.07) is 0. The van der Waals surface area contributed by atoms with Crippen molar-refractivity contribution >= 4 is 5.91 Å². The van der Waals surface area contributed by atoms with E-state index >= 15 is 0 Å². The molecule has 5 heteroatoms. The monoisotopic (exact) mass is 237 g/mol. The minimum Gasteiger partial charge on any atom is -0.393 e. The molecule has 1 amide bonds. The zero-order chi connectivity index (χ0) is 12.6. The largest absolute Gasteiger partial charge is 0.393 e. The summed E-state index contributed by atoms with van der Waals surface area (Å²) in [6.45, 7) is 2.60. The molecule has 0 atom stereocenters. The maximum Gasteiger partial charge on any atom is 0.257 e. The molecule has 1 aliphatic rings. The van der Waals surface area contributed by atoms with Crippen molar-refractivity contribution in [2.24, 2.45) is 13.0 Å². The number of aliphatic hydroxyl groups is 1. The molecule has 94 valence electrons. The van der Waals surface area contributed by atoms with Crippen LogP contribution >= 0.6 is 0 Å². The predicted molar refractivity (Wildman–Crippen MR) is 63.6 cm³/mol. The number of carbonyl (C=O) groups is 1. The molecule has 1 fully saturated rings. The van der Waals surface area contributed by atoms with Gasteiger partial charge in [0.05, 0.1) is 17.9 Å². The maximum absolute atomic E-state index is 12.1. The Labute approximate surface area is 101 Å². The van der Waals surface area contributed by atoms with Crippen LogP contribution in [0.15, 0.2) is 6.20 Å². The van der Waals surface area contributed by atoms with Gasteiger partial charge in [0.25, 0.3) is 5.91 Å². The van der Waals surface area contributed by atoms with Crippen molar-refractivity contribution in [3.63, 3.8) is 0 Å². The van der Waals surface area contributed by atoms with Gasteiger partial charge in [0.2, 0.25) is 0 Å². The van der Waals surface area contributed by atoms with E-state index in [0.29, 0.717) is 18.0 Å². The maximum atomic E-state index is 12.1. The quantitative estimate of drug-likeness (QED) is 0.836. The van der Waals surface area contributed by atoms with Crippen molar-refractivity contribution in [1.82, 2.24) is 14.7 Å². The van der Waals surface area contributed by atoms with Crippen LogP contribution < -0.4 is 0 Å². The van der Waals surface area contributed by atoms with Crippen LogP contribution in [0.2, 0.25) is 0 Å². The van der Waals surface area contributed by atoms with Gasteiger partial charge in [-0.05, 0) is 25.7 Å². The first-order chi connectivity index (χ1) is 7.99. The first-order valence-electron chi connectivity index (χ1n) is 5.91. The fraction of sp³-hybridized carbons (Fsp3) is 0.667. The van der Waals surface area contributed by atoms with Gasteiger partial charge < -0.3 is 10.0 Å². The lowest BCUT2D eigenvalue weighted by molar-refractivity contribution is 0.0265. The Morgan fingerprint density at radius 2 is 2.29 bits per heavy atom. The summed E-state index contributed by atoms with van der Waals surface area (Å²) in [4.78, 5) is 13.9. The average Bonchev–Trinajstić information content (AvgIpc) is 2.56. The molecule has 1 saturated carbocycles. The molecule has 0 spiro atoms. The highest BCUT2D eigenvalue weighted by molar-refractivity contribution is 5.94. The minimum absolute atomic E-state index is 0.0111. The third-order valence-corrected chi connectivity index (χ3v) is 3.56. The van der Waals surface area contributed by atoms with Gasteiger partial charge in [0, 0.05) is 26.3 Å². The molecule has 1 N–H and O–H groups in total. The van der Waals surface area contributed by atoms with Crippen LogP contribution in [0, 0.1) is 12.8 Å². The Hall–Kier alpha value is -1.36. The van der Waals surface area contributed by atoms with Crippen molar-refractivity contribution in [1.29, 1.82) is 0 Å². The predicted octanol–water partition coefficient (Wildman–Crippen LogP) is 0.571. The highest BCUT2D eigenvalue weighted by atomic mass is 16.3. The third kappa shape index (κ3) is 2.34. The number of hydrogen-bond donors (Lipinski definition) is 1. The molecule has 1 aliphatic carbocycles. The number of aromatic nitrogens is 2. The zero-order valence-corrected chi connectivity index (χ0v) is 10.6. The molecule has 0 unspecified atom stereocenters. The lowest BCUT2D eigenvalue weighted by atomic mass is 9.82. The molecular weight excluding hydrogens is 218 g/mol. The van der Waals surface area contributed by atoms with E-state index in [0.717, 1.165) is 18.5 Å². The number of amides is 1. The Morgan fingerprint density at radius 3 is 2.76 bits per heavy atom. The molecule has 0 aromatic carbocycles. The highest BCUT2D eigenvalue weighted by Gasteiger charge is 2.29. The van der Waals surface area contributed by atoms with E-state index in [9.17, 15) is 9.90 Å². The van der Waals surface area contributed by atoms with Gasteiger partial charge in [-0.25, -0.2) is 0 Å². The van der Waals surface area contributed by atoms with E-state index in [4.69, 9.17) is 0 Å². The Bertz CT molecular complexity index is 421. The summed E-state index contributed by atoms with van der Waals surface area (Å²) in [6.07, 6.45) is 3.07. The van der Waals surface area contributed by atoms with Crippen LogP contribution in [0.1, 0.15) is 28.9 Å². The molecule has 2 rings (SSSR count). The van der Waals surface area contributed by atoms with Gasteiger partial charge in [-0.15, -0.1) is 0 Å². The molecule has 17 heavy (non-hydrogen) atoms. The summed E-state index contributed by atoms with van der Waals surface area (Å²) in [7, 11) is 3.63. The third-order valence-electron chi connectivity index (χ3n) is 3.56. The lowest BCUT2D eigenvalue weighted by Gasteiger charge is -2.34. The first kappa shape index (κ1) is 12.1. The van der Waals surface area contributed by atoms with Crippen LogP contribution in [0.25, 0.3) is 0 Å². The number of nitrogens with zero attached hydrogens (tertiary/aromatic N) is 3. The number of hydrogen-bond acceptors (Lipinski definition) is 3. The molecule has 0 aliphatic heterocycles.